The van der Waals surface area contributed by atoms with E-state index in [0.29, 0.717) is 0 Å². The van der Waals surface area contributed by atoms with Gasteiger partial charge in [0.2, 0.25) is 10.0 Å². The first-order chi connectivity index (χ1) is 9.16. The molecule has 1 aromatic heterocycles. The molecule has 0 aliphatic heterocycles. The summed E-state index contributed by atoms with van der Waals surface area (Å²) in [5, 5.41) is 2.92. The summed E-state index contributed by atoms with van der Waals surface area (Å²) in [5.41, 5.74) is 0. The van der Waals surface area contributed by atoms with Crippen molar-refractivity contribution in [3.8, 4) is 0 Å². The molecule has 7 nitrogen and oxygen atoms in total. The van der Waals surface area contributed by atoms with Crippen molar-refractivity contribution in [2.24, 2.45) is 0 Å². The van der Waals surface area contributed by atoms with Gasteiger partial charge in [0, 0.05) is 25.0 Å². The minimum atomic E-state index is -3.68. The first-order valence-electron chi connectivity index (χ1n) is 6.06. The summed E-state index contributed by atoms with van der Waals surface area (Å²) in [6, 6.07) is 2.40. The zero-order valence-corrected chi connectivity index (χ0v) is 13.3. The van der Waals surface area contributed by atoms with Crippen LogP contribution in [0.1, 0.15) is 13.8 Å². The predicted molar refractivity (Wildman–Crippen MR) is 75.7 cm³/mol. The van der Waals surface area contributed by atoms with Crippen molar-refractivity contribution in [3.05, 3.63) is 18.3 Å². The van der Waals surface area contributed by atoms with Gasteiger partial charge in [-0.3, -0.25) is 0 Å². The van der Waals surface area contributed by atoms with Gasteiger partial charge in [0.25, 0.3) is 0 Å². The van der Waals surface area contributed by atoms with Crippen molar-refractivity contribution in [1.29, 1.82) is 0 Å². The molecule has 0 spiro atoms. The second-order valence-electron chi connectivity index (χ2n) is 4.41. The highest BCUT2D eigenvalue weighted by molar-refractivity contribution is 7.90. The van der Waals surface area contributed by atoms with Crippen molar-refractivity contribution in [2.75, 3.05) is 19.3 Å². The van der Waals surface area contributed by atoms with Gasteiger partial charge in [-0.2, -0.15) is 0 Å². The predicted octanol–water partition coefficient (Wildman–Crippen LogP) is -0.239. The largest absolute Gasteiger partial charge is 0.313 e. The lowest BCUT2D eigenvalue weighted by molar-refractivity contribution is 0.535. The maximum Gasteiger partial charge on any atom is 0.242 e. The molecule has 1 heterocycles. The first-order valence-corrected chi connectivity index (χ1v) is 9.43. The third-order valence-corrected chi connectivity index (χ3v) is 4.94. The van der Waals surface area contributed by atoms with Gasteiger partial charge in [-0.25, -0.2) is 26.5 Å². The van der Waals surface area contributed by atoms with E-state index >= 15 is 0 Å². The van der Waals surface area contributed by atoms with Gasteiger partial charge in [-0.15, -0.1) is 0 Å². The first kappa shape index (κ1) is 17.0. The molecular weight excluding hydrogens is 302 g/mol. The summed E-state index contributed by atoms with van der Waals surface area (Å²) in [5.74, 6) is 0. The molecule has 9 heteroatoms. The van der Waals surface area contributed by atoms with Crippen LogP contribution >= 0.6 is 0 Å². The molecular formula is C11H19N3O4S2. The Labute approximate surface area is 119 Å². The second-order valence-corrected chi connectivity index (χ2v) is 8.14. The van der Waals surface area contributed by atoms with E-state index in [0.717, 1.165) is 19.0 Å². The summed E-state index contributed by atoms with van der Waals surface area (Å²) in [6.07, 6.45) is 2.05. The van der Waals surface area contributed by atoms with Crippen LogP contribution in [0.4, 0.5) is 0 Å². The van der Waals surface area contributed by atoms with E-state index in [9.17, 15) is 16.8 Å². The molecule has 1 atom stereocenters. The van der Waals surface area contributed by atoms with Crippen LogP contribution in [0.3, 0.4) is 0 Å². The highest BCUT2D eigenvalue weighted by Gasteiger charge is 2.17. The van der Waals surface area contributed by atoms with Crippen molar-refractivity contribution in [2.45, 2.75) is 29.8 Å². The number of hydrogen-bond donors (Lipinski definition) is 2. The maximum atomic E-state index is 12.0. The summed E-state index contributed by atoms with van der Waals surface area (Å²) in [4.78, 5) is 3.60. The number of pyridine rings is 1. The van der Waals surface area contributed by atoms with Gasteiger partial charge >= 0.3 is 0 Å². The zero-order chi connectivity index (χ0) is 15.4. The molecule has 0 radical (unpaired) electrons. The molecule has 0 saturated heterocycles. The molecule has 1 rings (SSSR count). The average Bonchev–Trinajstić information content (AvgIpc) is 2.36. The highest BCUT2D eigenvalue weighted by Crippen LogP contribution is 2.10. The number of sulfone groups is 1. The molecule has 0 saturated carbocycles. The molecule has 0 aliphatic carbocycles. The van der Waals surface area contributed by atoms with E-state index in [1.54, 1.807) is 0 Å². The van der Waals surface area contributed by atoms with E-state index in [4.69, 9.17) is 0 Å². The Kier molecular flexibility index (Phi) is 5.63. The third-order valence-electron chi connectivity index (χ3n) is 2.53. The maximum absolute atomic E-state index is 12.0. The fourth-order valence-electron chi connectivity index (χ4n) is 1.48. The standard InChI is InChI=1S/C11H19N3O4S2/c1-4-12-9(2)7-14-20(17,18)10-5-6-11(13-8-10)19(3,15)16/h5-6,8-9,12,14H,4,7H2,1-3H3/t9-/m1/s1. The van der Waals surface area contributed by atoms with Crippen molar-refractivity contribution < 1.29 is 16.8 Å². The SMILES string of the molecule is CCN[C@H](C)CNS(=O)(=O)c1ccc(S(C)(=O)=O)nc1. The van der Waals surface area contributed by atoms with Crippen LogP contribution < -0.4 is 10.0 Å². The summed E-state index contributed by atoms with van der Waals surface area (Å²) >= 11 is 0. The van der Waals surface area contributed by atoms with E-state index in [2.05, 4.69) is 15.0 Å². The molecule has 1 aromatic rings. The van der Waals surface area contributed by atoms with Gasteiger partial charge in [-0.05, 0) is 25.6 Å². The molecule has 20 heavy (non-hydrogen) atoms. The van der Waals surface area contributed by atoms with Gasteiger partial charge in [0.15, 0.2) is 14.9 Å². The lowest BCUT2D eigenvalue weighted by atomic mass is 10.3. The third kappa shape index (κ3) is 4.82. The molecule has 2 N–H and O–H groups in total. The molecule has 0 bridgehead atoms. The molecule has 0 unspecified atom stereocenters. The Balaban J connectivity index is 2.83. The van der Waals surface area contributed by atoms with Crippen LogP contribution in [0.2, 0.25) is 0 Å². The monoisotopic (exact) mass is 321 g/mol. The molecule has 0 amide bonds. The van der Waals surface area contributed by atoms with E-state index in [-0.39, 0.29) is 22.5 Å². The van der Waals surface area contributed by atoms with Crippen LogP contribution in [-0.4, -0.2) is 47.2 Å². The van der Waals surface area contributed by atoms with Crippen molar-refractivity contribution in [1.82, 2.24) is 15.0 Å². The van der Waals surface area contributed by atoms with Crippen molar-refractivity contribution >= 4 is 19.9 Å². The van der Waals surface area contributed by atoms with Crippen LogP contribution in [-0.2, 0) is 19.9 Å². The number of likely N-dealkylation sites (N-methyl/N-ethyl adjacent to an activating group) is 1. The molecule has 0 fully saturated rings. The van der Waals surface area contributed by atoms with Gasteiger partial charge in [0.05, 0.1) is 0 Å². The number of rotatable bonds is 7. The fourth-order valence-corrected chi connectivity index (χ4v) is 3.12. The average molecular weight is 321 g/mol. The van der Waals surface area contributed by atoms with Crippen LogP contribution in [0.25, 0.3) is 0 Å². The summed E-state index contributed by atoms with van der Waals surface area (Å²) in [7, 11) is -7.12. The number of hydrogen-bond acceptors (Lipinski definition) is 6. The van der Waals surface area contributed by atoms with Crippen LogP contribution in [0.15, 0.2) is 28.3 Å². The zero-order valence-electron chi connectivity index (χ0n) is 11.6. The fraction of sp³-hybridized carbons (Fsp3) is 0.545. The quantitative estimate of drug-likeness (QED) is 0.718. The Bertz CT molecular complexity index is 639. The minimum absolute atomic E-state index is 0.00183. The number of sulfonamides is 1. The van der Waals surface area contributed by atoms with E-state index in [1.807, 2.05) is 13.8 Å². The summed E-state index contributed by atoms with van der Waals surface area (Å²) in [6.45, 7) is 4.77. The van der Waals surface area contributed by atoms with Crippen molar-refractivity contribution in [3.63, 3.8) is 0 Å². The van der Waals surface area contributed by atoms with Gasteiger partial charge in [-0.1, -0.05) is 6.92 Å². The molecule has 0 aliphatic rings. The van der Waals surface area contributed by atoms with Crippen LogP contribution in [0.5, 0.6) is 0 Å². The number of nitrogens with one attached hydrogen (secondary N) is 2. The number of nitrogens with zero attached hydrogens (tertiary/aromatic N) is 1. The lowest BCUT2D eigenvalue weighted by Crippen LogP contribution is -2.38. The number of aromatic nitrogens is 1. The Morgan fingerprint density at radius 2 is 1.90 bits per heavy atom. The molecule has 114 valence electrons. The van der Waals surface area contributed by atoms with E-state index < -0.39 is 19.9 Å². The van der Waals surface area contributed by atoms with Gasteiger partial charge < -0.3 is 5.32 Å². The van der Waals surface area contributed by atoms with Crippen LogP contribution in [0, 0.1) is 0 Å². The minimum Gasteiger partial charge on any atom is -0.313 e. The Morgan fingerprint density at radius 3 is 2.35 bits per heavy atom. The summed E-state index contributed by atoms with van der Waals surface area (Å²) < 4.78 is 48.9. The Hall–Kier alpha value is -1.03. The smallest absolute Gasteiger partial charge is 0.242 e. The molecule has 0 aromatic carbocycles. The van der Waals surface area contributed by atoms with E-state index in [1.165, 1.54) is 12.1 Å². The Morgan fingerprint density at radius 1 is 1.25 bits per heavy atom. The second kappa shape index (κ2) is 6.61. The van der Waals surface area contributed by atoms with Gasteiger partial charge in [0.1, 0.15) is 4.90 Å². The topological polar surface area (TPSA) is 105 Å². The highest BCUT2D eigenvalue weighted by atomic mass is 32.2. The lowest BCUT2D eigenvalue weighted by Gasteiger charge is -2.13. The normalized spacial score (nSPS) is 14.2.